The number of fused-ring (bicyclic) bond motifs is 6. The summed E-state index contributed by atoms with van der Waals surface area (Å²) in [6.45, 7) is 0. The molecule has 0 saturated heterocycles. The minimum Gasteiger partial charge on any atom is -0.309 e. The number of para-hydroxylation sites is 3. The lowest BCUT2D eigenvalue weighted by Gasteiger charge is -2.18. The summed E-state index contributed by atoms with van der Waals surface area (Å²) in [5.74, 6) is 0. The number of rotatable bonds is 4. The Morgan fingerprint density at radius 3 is 1.96 bits per heavy atom. The topological polar surface area (TPSA) is 70.3 Å². The Morgan fingerprint density at radius 1 is 0.458 bits per heavy atom. The van der Waals surface area contributed by atoms with Gasteiger partial charge in [0.1, 0.15) is 0 Å². The van der Waals surface area contributed by atoms with Gasteiger partial charge >= 0.3 is 0 Å². The fourth-order valence-electron chi connectivity index (χ4n) is 7.19. The van der Waals surface area contributed by atoms with Crippen LogP contribution in [0, 0.1) is 22.7 Å². The predicted molar refractivity (Wildman–Crippen MR) is 193 cm³/mol. The van der Waals surface area contributed by atoms with Crippen molar-refractivity contribution >= 4 is 43.6 Å². The first-order valence-electron chi connectivity index (χ1n) is 15.7. The van der Waals surface area contributed by atoms with E-state index in [1.54, 1.807) is 0 Å². The molecular formula is C43H25N5. The fraction of sp³-hybridized carbons (Fsp3) is 0. The van der Waals surface area contributed by atoms with E-state index < -0.39 is 0 Å². The average molecular weight is 612 g/mol. The molecule has 0 aliphatic carbocycles. The van der Waals surface area contributed by atoms with E-state index in [0.29, 0.717) is 11.1 Å². The Kier molecular flexibility index (Phi) is 6.18. The minimum atomic E-state index is 0.598. The molecule has 0 aliphatic heterocycles. The van der Waals surface area contributed by atoms with Crippen molar-refractivity contribution in [2.24, 2.45) is 0 Å². The van der Waals surface area contributed by atoms with Gasteiger partial charge in [0.15, 0.2) is 0 Å². The molecule has 5 heteroatoms. The van der Waals surface area contributed by atoms with E-state index in [0.717, 1.165) is 77.2 Å². The zero-order chi connectivity index (χ0) is 32.2. The molecule has 0 fully saturated rings. The smallest absolute Gasteiger partial charge is 0.0991 e. The second kappa shape index (κ2) is 10.8. The van der Waals surface area contributed by atoms with E-state index in [2.05, 4.69) is 129 Å². The van der Waals surface area contributed by atoms with E-state index in [4.69, 9.17) is 0 Å². The summed E-state index contributed by atoms with van der Waals surface area (Å²) >= 11 is 0. The first-order chi connectivity index (χ1) is 23.7. The van der Waals surface area contributed by atoms with E-state index in [-0.39, 0.29) is 0 Å². The highest BCUT2D eigenvalue weighted by Gasteiger charge is 2.19. The molecule has 0 unspecified atom stereocenters. The van der Waals surface area contributed by atoms with Crippen molar-refractivity contribution in [3.05, 3.63) is 163 Å². The SMILES string of the molecule is N#Cc1ccc(-c2ccccc2-n2c3ccccc3c3cc(C#N)ccc32)c(-c2cccc(-n3c4ccccc4c4cnccc43)c2)c1. The highest BCUT2D eigenvalue weighted by molar-refractivity contribution is 6.11. The maximum absolute atomic E-state index is 10.0. The fourth-order valence-corrected chi connectivity index (χ4v) is 7.19. The van der Waals surface area contributed by atoms with E-state index in [9.17, 15) is 10.5 Å². The standard InChI is InChI=1S/C43H25N5/c44-25-28-16-18-32(33-10-1-5-14-40(33)48-41-15-6-2-11-34(41)37-23-29(26-45)17-19-42(37)48)36(22-28)30-8-7-9-31(24-30)47-39-13-4-3-12-35(39)38-27-46-21-20-43(38)47/h1-24,27H. The number of aromatic nitrogens is 3. The van der Waals surface area contributed by atoms with Gasteiger partial charge in [-0.25, -0.2) is 0 Å². The molecule has 0 aliphatic rings. The molecule has 3 aromatic heterocycles. The van der Waals surface area contributed by atoms with Crippen molar-refractivity contribution in [1.29, 1.82) is 10.5 Å². The van der Waals surface area contributed by atoms with Crippen LogP contribution in [0.3, 0.4) is 0 Å². The van der Waals surface area contributed by atoms with Crippen LogP contribution in [0.2, 0.25) is 0 Å². The Hall–Kier alpha value is -6.95. The van der Waals surface area contributed by atoms with Crippen LogP contribution in [0.5, 0.6) is 0 Å². The molecule has 48 heavy (non-hydrogen) atoms. The number of pyridine rings is 1. The maximum Gasteiger partial charge on any atom is 0.0991 e. The zero-order valence-electron chi connectivity index (χ0n) is 25.7. The molecule has 222 valence electrons. The number of hydrogen-bond acceptors (Lipinski definition) is 3. The molecule has 6 aromatic carbocycles. The van der Waals surface area contributed by atoms with Crippen molar-refractivity contribution in [3.63, 3.8) is 0 Å². The van der Waals surface area contributed by atoms with Crippen molar-refractivity contribution < 1.29 is 0 Å². The zero-order valence-corrected chi connectivity index (χ0v) is 25.7. The summed E-state index contributed by atoms with van der Waals surface area (Å²) < 4.78 is 4.57. The Balaban J connectivity index is 1.29. The van der Waals surface area contributed by atoms with Gasteiger partial charge in [-0.3, -0.25) is 4.98 Å². The van der Waals surface area contributed by atoms with Crippen LogP contribution >= 0.6 is 0 Å². The monoisotopic (exact) mass is 611 g/mol. The number of hydrogen-bond donors (Lipinski definition) is 0. The van der Waals surface area contributed by atoms with E-state index >= 15 is 0 Å². The summed E-state index contributed by atoms with van der Waals surface area (Å²) in [7, 11) is 0. The van der Waals surface area contributed by atoms with Crippen LogP contribution in [0.4, 0.5) is 0 Å². The highest BCUT2D eigenvalue weighted by Crippen LogP contribution is 2.41. The molecule has 3 heterocycles. The second-order valence-electron chi connectivity index (χ2n) is 11.9. The van der Waals surface area contributed by atoms with Crippen molar-refractivity contribution in [1.82, 2.24) is 14.1 Å². The van der Waals surface area contributed by atoms with Gasteiger partial charge in [-0.05, 0) is 83.4 Å². The summed E-state index contributed by atoms with van der Waals surface area (Å²) in [4.78, 5) is 4.41. The quantitative estimate of drug-likeness (QED) is 0.199. The lowest BCUT2D eigenvalue weighted by atomic mass is 9.91. The lowest BCUT2D eigenvalue weighted by molar-refractivity contribution is 1.17. The Morgan fingerprint density at radius 2 is 1.12 bits per heavy atom. The summed E-state index contributed by atoms with van der Waals surface area (Å²) in [5, 5.41) is 24.1. The largest absolute Gasteiger partial charge is 0.309 e. The molecule has 0 radical (unpaired) electrons. The third-order valence-corrected chi connectivity index (χ3v) is 9.27. The van der Waals surface area contributed by atoms with Gasteiger partial charge in [0, 0.05) is 45.2 Å². The van der Waals surface area contributed by atoms with Crippen LogP contribution in [0.1, 0.15) is 11.1 Å². The predicted octanol–water partition coefficient (Wildman–Crippen LogP) is 10.4. The third-order valence-electron chi connectivity index (χ3n) is 9.27. The molecule has 0 bridgehead atoms. The molecule has 0 N–H and O–H groups in total. The molecule has 5 nitrogen and oxygen atoms in total. The molecule has 9 rings (SSSR count). The Bertz CT molecular complexity index is 2770. The van der Waals surface area contributed by atoms with Crippen LogP contribution in [0.25, 0.3) is 77.2 Å². The number of benzene rings is 6. The van der Waals surface area contributed by atoms with Gasteiger partial charge in [0.05, 0.1) is 51.0 Å². The van der Waals surface area contributed by atoms with Crippen molar-refractivity contribution in [2.45, 2.75) is 0 Å². The molecule has 0 saturated carbocycles. The van der Waals surface area contributed by atoms with Crippen molar-refractivity contribution in [2.75, 3.05) is 0 Å². The van der Waals surface area contributed by atoms with Crippen LogP contribution < -0.4 is 0 Å². The molecule has 0 spiro atoms. The van der Waals surface area contributed by atoms with Gasteiger partial charge in [0.25, 0.3) is 0 Å². The first-order valence-corrected chi connectivity index (χ1v) is 15.7. The second-order valence-corrected chi connectivity index (χ2v) is 11.9. The third kappa shape index (κ3) is 4.13. The lowest BCUT2D eigenvalue weighted by Crippen LogP contribution is -1.99. The average Bonchev–Trinajstić information content (AvgIpc) is 3.67. The highest BCUT2D eigenvalue weighted by atomic mass is 15.0. The van der Waals surface area contributed by atoms with Gasteiger partial charge in [-0.15, -0.1) is 0 Å². The summed E-state index contributed by atoms with van der Waals surface area (Å²) in [6.07, 6.45) is 3.77. The Labute approximate surface area is 276 Å². The molecular weight excluding hydrogens is 587 g/mol. The molecule has 0 amide bonds. The van der Waals surface area contributed by atoms with Crippen LogP contribution in [0.15, 0.2) is 152 Å². The van der Waals surface area contributed by atoms with Crippen molar-refractivity contribution in [3.8, 4) is 45.8 Å². The summed E-state index contributed by atoms with van der Waals surface area (Å²) in [6, 6.07) is 52.2. The van der Waals surface area contributed by atoms with Gasteiger partial charge in [-0.1, -0.05) is 72.8 Å². The maximum atomic E-state index is 10.0. The van der Waals surface area contributed by atoms with Gasteiger partial charge in [-0.2, -0.15) is 10.5 Å². The van der Waals surface area contributed by atoms with Crippen LogP contribution in [-0.4, -0.2) is 14.1 Å². The van der Waals surface area contributed by atoms with Crippen LogP contribution in [-0.2, 0) is 0 Å². The van der Waals surface area contributed by atoms with Gasteiger partial charge < -0.3 is 9.13 Å². The molecule has 0 atom stereocenters. The van der Waals surface area contributed by atoms with Gasteiger partial charge in [0.2, 0.25) is 0 Å². The normalized spacial score (nSPS) is 11.3. The van der Waals surface area contributed by atoms with E-state index in [1.165, 1.54) is 0 Å². The number of nitriles is 2. The first kappa shape index (κ1) is 27.4. The number of nitrogens with zero attached hydrogens (tertiary/aromatic N) is 5. The van der Waals surface area contributed by atoms with E-state index in [1.807, 2.05) is 48.8 Å². The minimum absolute atomic E-state index is 0.598. The molecule has 9 aromatic rings. The summed E-state index contributed by atoms with van der Waals surface area (Å²) in [5.41, 5.74) is 11.6.